The van der Waals surface area contributed by atoms with Gasteiger partial charge in [0.05, 0.1) is 6.54 Å². The third-order valence-corrected chi connectivity index (χ3v) is 5.88. The predicted molar refractivity (Wildman–Crippen MR) is 106 cm³/mol. The summed E-state index contributed by atoms with van der Waals surface area (Å²) in [4.78, 5) is 8.14. The van der Waals surface area contributed by atoms with Gasteiger partial charge in [0.15, 0.2) is 5.96 Å². The Morgan fingerprint density at radius 3 is 3.08 bits per heavy atom. The molecule has 0 aliphatic carbocycles. The molecule has 4 nitrogen and oxygen atoms in total. The Morgan fingerprint density at radius 2 is 2.29 bits per heavy atom. The van der Waals surface area contributed by atoms with Crippen LogP contribution >= 0.6 is 11.8 Å². The van der Waals surface area contributed by atoms with Crippen molar-refractivity contribution in [2.75, 3.05) is 25.4 Å². The van der Waals surface area contributed by atoms with Gasteiger partial charge in [0, 0.05) is 35.4 Å². The zero-order chi connectivity index (χ0) is 16.8. The molecule has 0 bridgehead atoms. The van der Waals surface area contributed by atoms with E-state index in [0.29, 0.717) is 5.25 Å². The fourth-order valence-electron chi connectivity index (χ4n) is 3.29. The quantitative estimate of drug-likeness (QED) is 0.555. The zero-order valence-electron chi connectivity index (χ0n) is 14.7. The molecule has 0 spiro atoms. The zero-order valence-corrected chi connectivity index (χ0v) is 15.5. The minimum absolute atomic E-state index is 0.705. The van der Waals surface area contributed by atoms with Gasteiger partial charge < -0.3 is 15.6 Å². The maximum absolute atomic E-state index is 4.76. The van der Waals surface area contributed by atoms with Gasteiger partial charge in [0.25, 0.3) is 0 Å². The van der Waals surface area contributed by atoms with E-state index < -0.39 is 0 Å². The summed E-state index contributed by atoms with van der Waals surface area (Å²) in [5.74, 6) is 2.24. The lowest BCUT2D eigenvalue weighted by molar-refractivity contribution is 0.761. The molecule has 1 saturated heterocycles. The number of hydrogen-bond acceptors (Lipinski definition) is 2. The fraction of sp³-hybridized carbons (Fsp3) is 0.526. The summed E-state index contributed by atoms with van der Waals surface area (Å²) in [6.07, 6.45) is 5.78. The van der Waals surface area contributed by atoms with E-state index in [1.54, 1.807) is 0 Å². The minimum atomic E-state index is 0.705. The van der Waals surface area contributed by atoms with E-state index in [2.05, 4.69) is 65.6 Å². The number of rotatable bonds is 6. The van der Waals surface area contributed by atoms with Gasteiger partial charge in [-0.05, 0) is 56.1 Å². The number of nitrogens with zero attached hydrogens (tertiary/aromatic N) is 1. The molecule has 3 rings (SSSR count). The maximum Gasteiger partial charge on any atom is 0.191 e. The van der Waals surface area contributed by atoms with Crippen LogP contribution in [0, 0.1) is 6.92 Å². The van der Waals surface area contributed by atoms with Gasteiger partial charge in [-0.2, -0.15) is 11.8 Å². The second-order valence-electron chi connectivity index (χ2n) is 6.34. The van der Waals surface area contributed by atoms with Crippen LogP contribution in [-0.2, 0) is 6.42 Å². The molecule has 1 aromatic carbocycles. The highest BCUT2D eigenvalue weighted by Gasteiger charge is 2.15. The molecule has 24 heavy (non-hydrogen) atoms. The Bertz CT molecular complexity index is 686. The molecule has 1 aliphatic heterocycles. The summed E-state index contributed by atoms with van der Waals surface area (Å²) in [6, 6.07) is 6.43. The summed E-state index contributed by atoms with van der Waals surface area (Å²) in [7, 11) is 0. The molecule has 2 heterocycles. The van der Waals surface area contributed by atoms with E-state index in [9.17, 15) is 0 Å². The maximum atomic E-state index is 4.76. The summed E-state index contributed by atoms with van der Waals surface area (Å²) in [5, 5.41) is 8.91. The van der Waals surface area contributed by atoms with E-state index in [4.69, 9.17) is 4.99 Å². The summed E-state index contributed by atoms with van der Waals surface area (Å²) >= 11 is 2.06. The molecule has 1 aliphatic rings. The Morgan fingerprint density at radius 1 is 1.38 bits per heavy atom. The number of aromatic amines is 1. The first-order valence-corrected chi connectivity index (χ1v) is 10.0. The van der Waals surface area contributed by atoms with Crippen molar-refractivity contribution in [1.82, 2.24) is 15.6 Å². The number of fused-ring (bicyclic) bond motifs is 1. The number of aryl methyl sites for hydroxylation is 1. The van der Waals surface area contributed by atoms with Gasteiger partial charge in [-0.15, -0.1) is 0 Å². The second-order valence-corrected chi connectivity index (χ2v) is 7.75. The minimum Gasteiger partial charge on any atom is -0.361 e. The molecule has 0 saturated carbocycles. The van der Waals surface area contributed by atoms with Crippen molar-refractivity contribution >= 4 is 28.6 Å². The molecule has 3 N–H and O–H groups in total. The number of benzene rings is 1. The number of H-pyrrole nitrogens is 1. The average Bonchev–Trinajstić information content (AvgIpc) is 3.23. The van der Waals surface area contributed by atoms with E-state index in [0.717, 1.165) is 32.0 Å². The fourth-order valence-corrected chi connectivity index (χ4v) is 4.47. The van der Waals surface area contributed by atoms with E-state index in [1.807, 2.05) is 0 Å². The Labute approximate surface area is 148 Å². The largest absolute Gasteiger partial charge is 0.361 e. The van der Waals surface area contributed by atoms with Crippen LogP contribution in [-0.4, -0.2) is 41.6 Å². The molecule has 5 heteroatoms. The monoisotopic (exact) mass is 344 g/mol. The van der Waals surface area contributed by atoms with Crippen LogP contribution < -0.4 is 10.6 Å². The number of aliphatic imine (C=N–C) groups is 1. The normalized spacial score (nSPS) is 18.2. The SMILES string of the molecule is CCNC(=NCC1CCCS1)NCCc1c[nH]c2cccc(C)c12. The first-order chi connectivity index (χ1) is 11.8. The highest BCUT2D eigenvalue weighted by Crippen LogP contribution is 2.26. The van der Waals surface area contributed by atoms with E-state index in [-0.39, 0.29) is 0 Å². The molecule has 1 fully saturated rings. The van der Waals surface area contributed by atoms with Crippen LogP contribution in [0.5, 0.6) is 0 Å². The summed E-state index contributed by atoms with van der Waals surface area (Å²) in [5.41, 5.74) is 3.93. The third-order valence-electron chi connectivity index (χ3n) is 4.50. The van der Waals surface area contributed by atoms with Crippen LogP contribution in [0.3, 0.4) is 0 Å². The van der Waals surface area contributed by atoms with Gasteiger partial charge >= 0.3 is 0 Å². The van der Waals surface area contributed by atoms with Gasteiger partial charge in [-0.1, -0.05) is 12.1 Å². The van der Waals surface area contributed by atoms with Crippen molar-refractivity contribution in [1.29, 1.82) is 0 Å². The van der Waals surface area contributed by atoms with Crippen LogP contribution in [0.2, 0.25) is 0 Å². The lowest BCUT2D eigenvalue weighted by Gasteiger charge is -2.12. The van der Waals surface area contributed by atoms with Crippen molar-refractivity contribution < 1.29 is 0 Å². The van der Waals surface area contributed by atoms with Gasteiger partial charge in [0.2, 0.25) is 0 Å². The highest BCUT2D eigenvalue weighted by atomic mass is 32.2. The second kappa shape index (κ2) is 8.47. The lowest BCUT2D eigenvalue weighted by Crippen LogP contribution is -2.38. The van der Waals surface area contributed by atoms with Crippen molar-refractivity contribution in [3.05, 3.63) is 35.5 Å². The number of guanidine groups is 1. The van der Waals surface area contributed by atoms with Crippen molar-refractivity contribution in [3.63, 3.8) is 0 Å². The molecule has 1 aromatic heterocycles. The first-order valence-electron chi connectivity index (χ1n) is 8.97. The molecule has 1 unspecified atom stereocenters. The summed E-state index contributed by atoms with van der Waals surface area (Å²) in [6.45, 7) is 7.01. The standard InChI is InChI=1S/C19H28N4S/c1-3-20-19(23-13-16-7-5-11-24-16)21-10-9-15-12-22-17-8-4-6-14(2)18(15)17/h4,6,8,12,16,22H,3,5,7,9-11,13H2,1-2H3,(H2,20,21,23). The van der Waals surface area contributed by atoms with E-state index >= 15 is 0 Å². The Balaban J connectivity index is 1.57. The van der Waals surface area contributed by atoms with Crippen LogP contribution in [0.15, 0.2) is 29.4 Å². The number of nitrogens with one attached hydrogen (secondary N) is 3. The first kappa shape index (κ1) is 17.2. The topological polar surface area (TPSA) is 52.2 Å². The number of aromatic nitrogens is 1. The van der Waals surface area contributed by atoms with Crippen molar-refractivity contribution in [3.8, 4) is 0 Å². The lowest BCUT2D eigenvalue weighted by atomic mass is 10.1. The molecule has 0 amide bonds. The smallest absolute Gasteiger partial charge is 0.191 e. The third kappa shape index (κ3) is 4.26. The number of hydrogen-bond donors (Lipinski definition) is 3. The van der Waals surface area contributed by atoms with Crippen LogP contribution in [0.25, 0.3) is 10.9 Å². The van der Waals surface area contributed by atoms with Gasteiger partial charge in [-0.3, -0.25) is 4.99 Å². The molecule has 1 atom stereocenters. The molecular formula is C19H28N4S. The number of thioether (sulfide) groups is 1. The average molecular weight is 345 g/mol. The van der Waals surface area contributed by atoms with E-state index in [1.165, 1.54) is 40.6 Å². The Kier molecular flexibility index (Phi) is 6.07. The van der Waals surface area contributed by atoms with Gasteiger partial charge in [0.1, 0.15) is 0 Å². The van der Waals surface area contributed by atoms with Crippen LogP contribution in [0.1, 0.15) is 30.9 Å². The predicted octanol–water partition coefficient (Wildman–Crippen LogP) is 3.47. The molecule has 2 aromatic rings. The highest BCUT2D eigenvalue weighted by molar-refractivity contribution is 8.00. The molecule has 0 radical (unpaired) electrons. The van der Waals surface area contributed by atoms with Crippen LogP contribution in [0.4, 0.5) is 0 Å². The summed E-state index contributed by atoms with van der Waals surface area (Å²) < 4.78 is 0. The molecular weight excluding hydrogens is 316 g/mol. The van der Waals surface area contributed by atoms with Gasteiger partial charge in [-0.25, -0.2) is 0 Å². The van der Waals surface area contributed by atoms with Crippen molar-refractivity contribution in [2.24, 2.45) is 4.99 Å². The molecule has 130 valence electrons. The van der Waals surface area contributed by atoms with Crippen molar-refractivity contribution in [2.45, 2.75) is 38.4 Å². The Hall–Kier alpha value is -1.62.